The van der Waals surface area contributed by atoms with Crippen molar-refractivity contribution in [3.8, 4) is 11.3 Å². The standard InChI is InChI=1S/C14H18N2O/c1-3-13(17)8-12-9-14(16-15-12)11-6-4-10(2)5-7-11/h4-7,9,13,17H,3,8H2,1-2H3,(H,15,16). The van der Waals surface area contributed by atoms with Crippen molar-refractivity contribution >= 4 is 0 Å². The van der Waals surface area contributed by atoms with Gasteiger partial charge in [-0.05, 0) is 19.4 Å². The zero-order chi connectivity index (χ0) is 12.3. The lowest BCUT2D eigenvalue weighted by molar-refractivity contribution is 0.169. The molecule has 0 aliphatic rings. The van der Waals surface area contributed by atoms with E-state index in [1.807, 2.05) is 13.0 Å². The van der Waals surface area contributed by atoms with Crippen LogP contribution >= 0.6 is 0 Å². The van der Waals surface area contributed by atoms with Crippen LogP contribution in [0.1, 0.15) is 24.6 Å². The van der Waals surface area contributed by atoms with Gasteiger partial charge >= 0.3 is 0 Å². The van der Waals surface area contributed by atoms with Gasteiger partial charge in [0.2, 0.25) is 0 Å². The lowest BCUT2D eigenvalue weighted by Gasteiger charge is -2.03. The summed E-state index contributed by atoms with van der Waals surface area (Å²) in [7, 11) is 0. The van der Waals surface area contributed by atoms with Crippen LogP contribution in [0.5, 0.6) is 0 Å². The molecule has 0 amide bonds. The average Bonchev–Trinajstić information content (AvgIpc) is 2.78. The molecule has 0 spiro atoms. The van der Waals surface area contributed by atoms with Gasteiger partial charge in [-0.3, -0.25) is 5.10 Å². The molecule has 2 rings (SSSR count). The highest BCUT2D eigenvalue weighted by atomic mass is 16.3. The molecule has 0 aliphatic carbocycles. The summed E-state index contributed by atoms with van der Waals surface area (Å²) < 4.78 is 0. The molecule has 3 nitrogen and oxygen atoms in total. The Hall–Kier alpha value is -1.61. The predicted molar refractivity (Wildman–Crippen MR) is 68.8 cm³/mol. The van der Waals surface area contributed by atoms with E-state index in [9.17, 15) is 5.11 Å². The molecule has 1 heterocycles. The molecule has 1 unspecified atom stereocenters. The third kappa shape index (κ3) is 2.94. The van der Waals surface area contributed by atoms with Gasteiger partial charge in [0, 0.05) is 17.7 Å². The van der Waals surface area contributed by atoms with Gasteiger partial charge in [-0.1, -0.05) is 36.8 Å². The Bertz CT molecular complexity index is 473. The summed E-state index contributed by atoms with van der Waals surface area (Å²) in [5, 5.41) is 16.8. The summed E-state index contributed by atoms with van der Waals surface area (Å²) in [6.45, 7) is 4.04. The van der Waals surface area contributed by atoms with Crippen LogP contribution in [0.3, 0.4) is 0 Å². The first-order chi connectivity index (χ1) is 8.19. The van der Waals surface area contributed by atoms with Gasteiger partial charge < -0.3 is 5.11 Å². The topological polar surface area (TPSA) is 48.9 Å². The molecule has 1 aromatic heterocycles. The number of benzene rings is 1. The fourth-order valence-corrected chi connectivity index (χ4v) is 1.74. The van der Waals surface area contributed by atoms with Gasteiger partial charge in [-0.15, -0.1) is 0 Å². The number of aliphatic hydroxyl groups is 1. The number of hydrogen-bond donors (Lipinski definition) is 2. The normalized spacial score (nSPS) is 12.6. The van der Waals surface area contributed by atoms with Crippen LogP contribution in [-0.2, 0) is 6.42 Å². The second-order valence-electron chi connectivity index (χ2n) is 4.41. The molecule has 2 N–H and O–H groups in total. The van der Waals surface area contributed by atoms with Gasteiger partial charge in [0.25, 0.3) is 0 Å². The van der Waals surface area contributed by atoms with Gasteiger partial charge in [-0.25, -0.2) is 0 Å². The van der Waals surface area contributed by atoms with E-state index in [-0.39, 0.29) is 6.10 Å². The van der Waals surface area contributed by atoms with E-state index < -0.39 is 0 Å². The minimum atomic E-state index is -0.290. The summed E-state index contributed by atoms with van der Waals surface area (Å²) in [5.41, 5.74) is 4.26. The van der Waals surface area contributed by atoms with E-state index in [0.717, 1.165) is 23.4 Å². The summed E-state index contributed by atoms with van der Waals surface area (Å²) in [6.07, 6.45) is 1.11. The number of aryl methyl sites for hydroxylation is 1. The van der Waals surface area contributed by atoms with Crippen molar-refractivity contribution in [2.75, 3.05) is 0 Å². The minimum Gasteiger partial charge on any atom is -0.393 e. The Morgan fingerprint density at radius 3 is 2.65 bits per heavy atom. The first-order valence-corrected chi connectivity index (χ1v) is 5.98. The van der Waals surface area contributed by atoms with Crippen molar-refractivity contribution in [3.05, 3.63) is 41.6 Å². The van der Waals surface area contributed by atoms with Crippen LogP contribution in [-0.4, -0.2) is 21.4 Å². The van der Waals surface area contributed by atoms with Gasteiger partial charge in [0.05, 0.1) is 11.8 Å². The average molecular weight is 230 g/mol. The zero-order valence-corrected chi connectivity index (χ0v) is 10.3. The molecule has 2 aromatic rings. The number of rotatable bonds is 4. The molecular weight excluding hydrogens is 212 g/mol. The quantitative estimate of drug-likeness (QED) is 0.848. The maximum absolute atomic E-state index is 9.58. The monoisotopic (exact) mass is 230 g/mol. The number of nitrogens with zero attached hydrogens (tertiary/aromatic N) is 1. The van der Waals surface area contributed by atoms with E-state index >= 15 is 0 Å². The predicted octanol–water partition coefficient (Wildman–Crippen LogP) is 2.70. The Labute approximate surface area is 102 Å². The fourth-order valence-electron chi connectivity index (χ4n) is 1.74. The molecule has 0 saturated heterocycles. The van der Waals surface area contributed by atoms with Gasteiger partial charge in [-0.2, -0.15) is 5.10 Å². The van der Waals surface area contributed by atoms with Crippen LogP contribution in [0.2, 0.25) is 0 Å². The van der Waals surface area contributed by atoms with Crippen molar-refractivity contribution in [3.63, 3.8) is 0 Å². The lowest BCUT2D eigenvalue weighted by atomic mass is 10.1. The molecule has 0 fully saturated rings. The smallest absolute Gasteiger partial charge is 0.0923 e. The second kappa shape index (κ2) is 5.15. The zero-order valence-electron chi connectivity index (χ0n) is 10.3. The number of H-pyrrole nitrogens is 1. The van der Waals surface area contributed by atoms with E-state index in [1.165, 1.54) is 5.56 Å². The van der Waals surface area contributed by atoms with Gasteiger partial charge in [0.15, 0.2) is 0 Å². The first kappa shape index (κ1) is 11.9. The molecule has 17 heavy (non-hydrogen) atoms. The van der Waals surface area contributed by atoms with Crippen LogP contribution in [0.15, 0.2) is 30.3 Å². The second-order valence-corrected chi connectivity index (χ2v) is 4.41. The highest BCUT2D eigenvalue weighted by molar-refractivity contribution is 5.59. The number of aliphatic hydroxyl groups excluding tert-OH is 1. The minimum absolute atomic E-state index is 0.290. The van der Waals surface area contributed by atoms with Crippen molar-refractivity contribution in [1.82, 2.24) is 10.2 Å². The van der Waals surface area contributed by atoms with Crippen molar-refractivity contribution in [1.29, 1.82) is 0 Å². The Balaban J connectivity index is 2.15. The Morgan fingerprint density at radius 2 is 2.00 bits per heavy atom. The van der Waals surface area contributed by atoms with E-state index in [1.54, 1.807) is 0 Å². The molecule has 0 radical (unpaired) electrons. The SMILES string of the molecule is CCC(O)Cc1cc(-c2ccc(C)cc2)n[nH]1. The maximum atomic E-state index is 9.58. The van der Waals surface area contributed by atoms with Crippen molar-refractivity contribution < 1.29 is 5.11 Å². The van der Waals surface area contributed by atoms with Crippen molar-refractivity contribution in [2.45, 2.75) is 32.8 Å². The Kier molecular flexibility index (Phi) is 3.59. The molecule has 1 atom stereocenters. The summed E-state index contributed by atoms with van der Waals surface area (Å²) >= 11 is 0. The van der Waals surface area contributed by atoms with Crippen molar-refractivity contribution in [2.24, 2.45) is 0 Å². The van der Waals surface area contributed by atoms with E-state index in [0.29, 0.717) is 6.42 Å². The molecule has 1 aromatic carbocycles. The molecular formula is C14H18N2O. The number of aromatic nitrogens is 2. The van der Waals surface area contributed by atoms with Crippen LogP contribution in [0.25, 0.3) is 11.3 Å². The summed E-state index contributed by atoms with van der Waals surface area (Å²) in [4.78, 5) is 0. The van der Waals surface area contributed by atoms with Crippen LogP contribution in [0.4, 0.5) is 0 Å². The lowest BCUT2D eigenvalue weighted by Crippen LogP contribution is -2.08. The van der Waals surface area contributed by atoms with E-state index in [4.69, 9.17) is 0 Å². The molecule has 0 aliphatic heterocycles. The maximum Gasteiger partial charge on any atom is 0.0923 e. The number of aromatic amines is 1. The molecule has 3 heteroatoms. The molecule has 0 saturated carbocycles. The molecule has 90 valence electrons. The molecule has 0 bridgehead atoms. The summed E-state index contributed by atoms with van der Waals surface area (Å²) in [6, 6.07) is 10.3. The largest absolute Gasteiger partial charge is 0.393 e. The third-order valence-electron chi connectivity index (χ3n) is 2.91. The third-order valence-corrected chi connectivity index (χ3v) is 2.91. The Morgan fingerprint density at radius 1 is 1.29 bits per heavy atom. The van der Waals surface area contributed by atoms with Gasteiger partial charge in [0.1, 0.15) is 0 Å². The highest BCUT2D eigenvalue weighted by Gasteiger charge is 2.07. The number of hydrogen-bond acceptors (Lipinski definition) is 2. The number of nitrogens with one attached hydrogen (secondary N) is 1. The van der Waals surface area contributed by atoms with Crippen LogP contribution < -0.4 is 0 Å². The van der Waals surface area contributed by atoms with E-state index in [2.05, 4.69) is 41.4 Å². The summed E-state index contributed by atoms with van der Waals surface area (Å²) in [5.74, 6) is 0. The highest BCUT2D eigenvalue weighted by Crippen LogP contribution is 2.18. The first-order valence-electron chi connectivity index (χ1n) is 5.98. The van der Waals surface area contributed by atoms with Crippen LogP contribution in [0, 0.1) is 6.92 Å². The fraction of sp³-hybridized carbons (Fsp3) is 0.357.